The zero-order valence-electron chi connectivity index (χ0n) is 8.48. The maximum atomic E-state index is 10.4. The van der Waals surface area contributed by atoms with Crippen molar-refractivity contribution in [3.05, 3.63) is 17.7 Å². The van der Waals surface area contributed by atoms with E-state index in [-0.39, 0.29) is 18.8 Å². The molecule has 1 aliphatic carbocycles. The van der Waals surface area contributed by atoms with Gasteiger partial charge in [0.15, 0.2) is 0 Å². The van der Waals surface area contributed by atoms with Crippen molar-refractivity contribution < 1.29 is 9.90 Å². The minimum atomic E-state index is -0.747. The van der Waals surface area contributed by atoms with Gasteiger partial charge in [0, 0.05) is 12.2 Å². The molecule has 0 aromatic carbocycles. The van der Waals surface area contributed by atoms with Gasteiger partial charge in [-0.1, -0.05) is 0 Å². The van der Waals surface area contributed by atoms with E-state index in [2.05, 4.69) is 4.98 Å². The predicted octanol–water partition coefficient (Wildman–Crippen LogP) is 1.66. The van der Waals surface area contributed by atoms with E-state index in [1.54, 1.807) is 6.33 Å². The Balaban J connectivity index is 0.00000112. The molecule has 0 atom stereocenters. The van der Waals surface area contributed by atoms with E-state index in [1.165, 1.54) is 24.2 Å². The van der Waals surface area contributed by atoms with Crippen molar-refractivity contribution in [3.8, 4) is 0 Å². The summed E-state index contributed by atoms with van der Waals surface area (Å²) in [6, 6.07) is 0. The zero-order valence-corrected chi connectivity index (χ0v) is 9.29. The maximum absolute atomic E-state index is 10.4. The summed E-state index contributed by atoms with van der Waals surface area (Å²) in [5, 5.41) is 8.58. The lowest BCUT2D eigenvalue weighted by molar-refractivity contribution is -0.137. The summed E-state index contributed by atoms with van der Waals surface area (Å²) in [5.74, 6) is -0.747. The highest BCUT2D eigenvalue weighted by Gasteiger charge is 2.15. The fourth-order valence-electron chi connectivity index (χ4n) is 1.94. The Morgan fingerprint density at radius 3 is 2.93 bits per heavy atom. The van der Waals surface area contributed by atoms with Crippen LogP contribution in [-0.2, 0) is 24.2 Å². The second-order valence-electron chi connectivity index (χ2n) is 3.68. The third kappa shape index (κ3) is 2.72. The van der Waals surface area contributed by atoms with Gasteiger partial charge < -0.3 is 9.67 Å². The third-order valence-electron chi connectivity index (χ3n) is 2.68. The highest BCUT2D eigenvalue weighted by Crippen LogP contribution is 2.19. The van der Waals surface area contributed by atoms with Crippen molar-refractivity contribution in [1.29, 1.82) is 0 Å². The molecule has 1 aromatic rings. The first kappa shape index (κ1) is 12.0. The minimum Gasteiger partial charge on any atom is -0.481 e. The van der Waals surface area contributed by atoms with Gasteiger partial charge in [-0.05, 0) is 25.7 Å². The van der Waals surface area contributed by atoms with Crippen molar-refractivity contribution in [2.75, 3.05) is 0 Å². The average Bonchev–Trinajstić information content (AvgIpc) is 2.58. The van der Waals surface area contributed by atoms with Crippen molar-refractivity contribution in [2.24, 2.45) is 0 Å². The Hall–Kier alpha value is -1.03. The molecule has 0 saturated heterocycles. The highest BCUT2D eigenvalue weighted by molar-refractivity contribution is 5.85. The molecule has 0 saturated carbocycles. The quantitative estimate of drug-likeness (QED) is 0.859. The lowest BCUT2D eigenvalue weighted by Crippen LogP contribution is -2.10. The topological polar surface area (TPSA) is 55.1 Å². The lowest BCUT2D eigenvalue weighted by atomic mass is 10.0. The third-order valence-corrected chi connectivity index (χ3v) is 2.68. The Morgan fingerprint density at radius 1 is 1.47 bits per heavy atom. The summed E-state index contributed by atoms with van der Waals surface area (Å²) in [6.45, 7) is 0.553. The molecule has 0 spiro atoms. The molecule has 1 N–H and O–H groups in total. The Labute approximate surface area is 94.7 Å². The van der Waals surface area contributed by atoms with Crippen LogP contribution in [0.5, 0.6) is 0 Å². The molecule has 1 aromatic heterocycles. The van der Waals surface area contributed by atoms with Gasteiger partial charge >= 0.3 is 5.97 Å². The minimum absolute atomic E-state index is 0. The van der Waals surface area contributed by atoms with E-state index in [1.807, 2.05) is 4.57 Å². The largest absolute Gasteiger partial charge is 0.481 e. The van der Waals surface area contributed by atoms with Gasteiger partial charge in [-0.25, -0.2) is 4.98 Å². The molecule has 0 fully saturated rings. The van der Waals surface area contributed by atoms with Crippen LogP contribution >= 0.6 is 12.4 Å². The molecule has 0 unspecified atom stereocenters. The molecule has 0 bridgehead atoms. The normalized spacial score (nSPS) is 14.1. The van der Waals surface area contributed by atoms with Gasteiger partial charge in [0.2, 0.25) is 0 Å². The number of rotatable bonds is 3. The van der Waals surface area contributed by atoms with Crippen LogP contribution in [0.3, 0.4) is 0 Å². The standard InChI is InChI=1S/C10H14N2O2.ClH/c13-10(14)5-6-12-7-11-8-3-1-2-4-9(8)12;/h7H,1-6H2,(H,13,14);1H. The summed E-state index contributed by atoms with van der Waals surface area (Å²) in [7, 11) is 0. The highest BCUT2D eigenvalue weighted by atomic mass is 35.5. The summed E-state index contributed by atoms with van der Waals surface area (Å²) >= 11 is 0. The van der Waals surface area contributed by atoms with Crippen molar-refractivity contribution >= 4 is 18.4 Å². The number of aliphatic carboxylic acids is 1. The second-order valence-corrected chi connectivity index (χ2v) is 3.68. The molecule has 5 heteroatoms. The second kappa shape index (κ2) is 5.16. The van der Waals surface area contributed by atoms with E-state index in [9.17, 15) is 4.79 Å². The molecular formula is C10H15ClN2O2. The molecule has 2 rings (SSSR count). The van der Waals surface area contributed by atoms with Crippen LogP contribution in [0.15, 0.2) is 6.33 Å². The molecule has 1 heterocycles. The van der Waals surface area contributed by atoms with Gasteiger partial charge in [0.1, 0.15) is 0 Å². The first-order valence-corrected chi connectivity index (χ1v) is 5.02. The molecule has 0 radical (unpaired) electrons. The van der Waals surface area contributed by atoms with Crippen LogP contribution in [0.2, 0.25) is 0 Å². The number of carboxylic acids is 1. The van der Waals surface area contributed by atoms with Gasteiger partial charge in [0.05, 0.1) is 18.4 Å². The first-order chi connectivity index (χ1) is 6.77. The number of aryl methyl sites for hydroxylation is 2. The fraction of sp³-hybridized carbons (Fsp3) is 0.600. The number of carbonyl (C=O) groups is 1. The van der Waals surface area contributed by atoms with Crippen LogP contribution < -0.4 is 0 Å². The monoisotopic (exact) mass is 230 g/mol. The summed E-state index contributed by atoms with van der Waals surface area (Å²) in [4.78, 5) is 14.7. The van der Waals surface area contributed by atoms with E-state index < -0.39 is 5.97 Å². The van der Waals surface area contributed by atoms with Crippen molar-refractivity contribution in [1.82, 2.24) is 9.55 Å². The van der Waals surface area contributed by atoms with Gasteiger partial charge in [-0.15, -0.1) is 12.4 Å². The average molecular weight is 231 g/mol. The molecule has 4 nitrogen and oxygen atoms in total. The van der Waals surface area contributed by atoms with Crippen LogP contribution in [-0.4, -0.2) is 20.6 Å². The van der Waals surface area contributed by atoms with Gasteiger partial charge in [-0.2, -0.15) is 0 Å². The number of fused-ring (bicyclic) bond motifs is 1. The van der Waals surface area contributed by atoms with Crippen molar-refractivity contribution in [2.45, 2.75) is 38.6 Å². The first-order valence-electron chi connectivity index (χ1n) is 5.02. The Bertz CT molecular complexity index is 349. The van der Waals surface area contributed by atoms with Crippen LogP contribution in [0.25, 0.3) is 0 Å². The number of imidazole rings is 1. The molecule has 84 valence electrons. The number of aromatic nitrogens is 2. The Morgan fingerprint density at radius 2 is 2.20 bits per heavy atom. The maximum Gasteiger partial charge on any atom is 0.305 e. The van der Waals surface area contributed by atoms with E-state index in [4.69, 9.17) is 5.11 Å². The summed E-state index contributed by atoms with van der Waals surface area (Å²) < 4.78 is 1.99. The number of nitrogens with zero attached hydrogens (tertiary/aromatic N) is 2. The SMILES string of the molecule is Cl.O=C(O)CCn1cnc2c1CCCC2. The molecular weight excluding hydrogens is 216 g/mol. The molecule has 15 heavy (non-hydrogen) atoms. The predicted molar refractivity (Wildman–Crippen MR) is 58.4 cm³/mol. The molecule has 1 aliphatic rings. The molecule has 0 amide bonds. The number of halogens is 1. The summed E-state index contributed by atoms with van der Waals surface area (Å²) in [5.41, 5.74) is 2.42. The lowest BCUT2D eigenvalue weighted by Gasteiger charge is -2.13. The summed E-state index contributed by atoms with van der Waals surface area (Å²) in [6.07, 6.45) is 6.47. The number of hydrogen-bond donors (Lipinski definition) is 1. The van der Waals surface area contributed by atoms with E-state index in [0.717, 1.165) is 12.8 Å². The number of carboxylic acid groups (broad SMARTS) is 1. The van der Waals surface area contributed by atoms with E-state index in [0.29, 0.717) is 6.54 Å². The smallest absolute Gasteiger partial charge is 0.305 e. The van der Waals surface area contributed by atoms with Crippen molar-refractivity contribution in [3.63, 3.8) is 0 Å². The van der Waals surface area contributed by atoms with Crippen LogP contribution in [0.4, 0.5) is 0 Å². The molecule has 0 aliphatic heterocycles. The fourth-order valence-corrected chi connectivity index (χ4v) is 1.94. The van der Waals surface area contributed by atoms with Crippen LogP contribution in [0, 0.1) is 0 Å². The van der Waals surface area contributed by atoms with Gasteiger partial charge in [0.25, 0.3) is 0 Å². The number of hydrogen-bond acceptors (Lipinski definition) is 2. The zero-order chi connectivity index (χ0) is 9.97. The Kier molecular flexibility index (Phi) is 4.15. The van der Waals surface area contributed by atoms with Crippen LogP contribution in [0.1, 0.15) is 30.7 Å². The van der Waals surface area contributed by atoms with E-state index >= 15 is 0 Å². The van der Waals surface area contributed by atoms with Gasteiger partial charge in [-0.3, -0.25) is 4.79 Å².